The number of benzene rings is 1. The number of hydrogen-bond acceptors (Lipinski definition) is 4. The van der Waals surface area contributed by atoms with Crippen LogP contribution in [-0.2, 0) is 6.42 Å². The number of nitrogens with two attached hydrogens (primary N) is 1. The van der Waals surface area contributed by atoms with Crippen molar-refractivity contribution in [1.82, 2.24) is 5.16 Å². The SMILES string of the molecule is CCCc1c(N)noc1-c1cccc(OC(C)C)c1. The molecular weight excluding hydrogens is 240 g/mol. The summed E-state index contributed by atoms with van der Waals surface area (Å²) in [5.74, 6) is 2.05. The first-order valence-electron chi connectivity index (χ1n) is 6.63. The first-order chi connectivity index (χ1) is 9.11. The Hall–Kier alpha value is -1.97. The zero-order valence-corrected chi connectivity index (χ0v) is 11.6. The molecule has 19 heavy (non-hydrogen) atoms. The number of rotatable bonds is 5. The highest BCUT2D eigenvalue weighted by atomic mass is 16.5. The summed E-state index contributed by atoms with van der Waals surface area (Å²) in [6.07, 6.45) is 2.01. The van der Waals surface area contributed by atoms with Crippen molar-refractivity contribution in [3.8, 4) is 17.1 Å². The minimum absolute atomic E-state index is 0.144. The molecule has 0 amide bonds. The zero-order chi connectivity index (χ0) is 13.8. The van der Waals surface area contributed by atoms with Crippen LogP contribution in [0, 0.1) is 0 Å². The molecule has 4 nitrogen and oxygen atoms in total. The minimum atomic E-state index is 0.144. The Bertz CT molecular complexity index is 547. The van der Waals surface area contributed by atoms with Gasteiger partial charge in [0.05, 0.1) is 6.10 Å². The molecule has 2 rings (SSSR count). The number of hydrogen-bond donors (Lipinski definition) is 1. The summed E-state index contributed by atoms with van der Waals surface area (Å²) in [6, 6.07) is 7.82. The minimum Gasteiger partial charge on any atom is -0.491 e. The van der Waals surface area contributed by atoms with Crippen LogP contribution < -0.4 is 10.5 Å². The summed E-state index contributed by atoms with van der Waals surface area (Å²) >= 11 is 0. The van der Waals surface area contributed by atoms with Crippen molar-refractivity contribution in [3.05, 3.63) is 29.8 Å². The molecule has 0 aliphatic rings. The van der Waals surface area contributed by atoms with Crippen LogP contribution in [0.25, 0.3) is 11.3 Å². The van der Waals surface area contributed by atoms with E-state index in [4.69, 9.17) is 15.0 Å². The number of anilines is 1. The van der Waals surface area contributed by atoms with Crippen LogP contribution in [0.2, 0.25) is 0 Å². The van der Waals surface area contributed by atoms with Crippen molar-refractivity contribution in [3.63, 3.8) is 0 Å². The number of aromatic nitrogens is 1. The zero-order valence-electron chi connectivity index (χ0n) is 11.6. The molecule has 0 fully saturated rings. The molecule has 1 aromatic carbocycles. The lowest BCUT2D eigenvalue weighted by atomic mass is 10.0. The molecule has 0 spiro atoms. The molecule has 102 valence electrons. The number of nitrogens with zero attached hydrogens (tertiary/aromatic N) is 1. The lowest BCUT2D eigenvalue weighted by Gasteiger charge is -2.10. The first-order valence-corrected chi connectivity index (χ1v) is 6.63. The molecule has 0 aliphatic heterocycles. The van der Waals surface area contributed by atoms with Gasteiger partial charge in [-0.2, -0.15) is 0 Å². The predicted octanol–water partition coefficient (Wildman–Crippen LogP) is 3.66. The lowest BCUT2D eigenvalue weighted by Crippen LogP contribution is -2.05. The highest BCUT2D eigenvalue weighted by molar-refractivity contribution is 5.67. The van der Waals surface area contributed by atoms with Crippen molar-refractivity contribution < 1.29 is 9.26 Å². The molecule has 0 atom stereocenters. The predicted molar refractivity (Wildman–Crippen MR) is 76.1 cm³/mol. The normalized spacial score (nSPS) is 10.9. The fourth-order valence-electron chi connectivity index (χ4n) is 2.02. The van der Waals surface area contributed by atoms with Crippen LogP contribution in [-0.4, -0.2) is 11.3 Å². The van der Waals surface area contributed by atoms with E-state index in [9.17, 15) is 0 Å². The van der Waals surface area contributed by atoms with Crippen molar-refractivity contribution in [2.24, 2.45) is 0 Å². The van der Waals surface area contributed by atoms with Gasteiger partial charge in [-0.05, 0) is 32.4 Å². The Morgan fingerprint density at radius 3 is 2.84 bits per heavy atom. The van der Waals surface area contributed by atoms with E-state index in [0.29, 0.717) is 5.82 Å². The van der Waals surface area contributed by atoms with E-state index in [0.717, 1.165) is 35.5 Å². The Labute approximate surface area is 113 Å². The molecule has 0 radical (unpaired) electrons. The maximum atomic E-state index is 5.85. The standard InChI is InChI=1S/C15H20N2O2/c1-4-6-13-14(19-17-15(13)16)11-7-5-8-12(9-11)18-10(2)3/h5,7-10H,4,6H2,1-3H3,(H2,16,17). The third-order valence-electron chi connectivity index (χ3n) is 2.79. The van der Waals surface area contributed by atoms with Gasteiger partial charge in [0.1, 0.15) is 5.75 Å². The average Bonchev–Trinajstić information content (AvgIpc) is 2.71. The molecule has 0 saturated heterocycles. The van der Waals surface area contributed by atoms with Crippen LogP contribution in [0.3, 0.4) is 0 Å². The summed E-state index contributed by atoms with van der Waals surface area (Å²) in [5.41, 5.74) is 7.77. The van der Waals surface area contributed by atoms with Gasteiger partial charge in [-0.15, -0.1) is 0 Å². The molecule has 0 aliphatic carbocycles. The average molecular weight is 260 g/mol. The topological polar surface area (TPSA) is 61.3 Å². The molecule has 1 aromatic heterocycles. The van der Waals surface area contributed by atoms with Crippen LogP contribution in [0.1, 0.15) is 32.8 Å². The summed E-state index contributed by atoms with van der Waals surface area (Å²) in [6.45, 7) is 6.11. The van der Waals surface area contributed by atoms with Crippen molar-refractivity contribution >= 4 is 5.82 Å². The summed E-state index contributed by atoms with van der Waals surface area (Å²) < 4.78 is 11.1. The van der Waals surface area contributed by atoms with Crippen molar-refractivity contribution in [2.45, 2.75) is 39.7 Å². The Morgan fingerprint density at radius 2 is 2.16 bits per heavy atom. The second-order valence-electron chi connectivity index (χ2n) is 4.82. The van der Waals surface area contributed by atoms with Gasteiger partial charge in [0.25, 0.3) is 0 Å². The van der Waals surface area contributed by atoms with Gasteiger partial charge in [0.15, 0.2) is 11.6 Å². The van der Waals surface area contributed by atoms with Gasteiger partial charge in [0.2, 0.25) is 0 Å². The maximum absolute atomic E-state index is 5.85. The monoisotopic (exact) mass is 260 g/mol. The van der Waals surface area contributed by atoms with E-state index < -0.39 is 0 Å². The highest BCUT2D eigenvalue weighted by Gasteiger charge is 2.15. The van der Waals surface area contributed by atoms with Gasteiger partial charge in [-0.3, -0.25) is 0 Å². The maximum Gasteiger partial charge on any atom is 0.172 e. The van der Waals surface area contributed by atoms with Gasteiger partial charge in [-0.1, -0.05) is 30.6 Å². The van der Waals surface area contributed by atoms with Gasteiger partial charge < -0.3 is 15.0 Å². The van der Waals surface area contributed by atoms with Crippen LogP contribution in [0.4, 0.5) is 5.82 Å². The molecule has 0 unspecified atom stereocenters. The second-order valence-corrected chi connectivity index (χ2v) is 4.82. The molecule has 1 heterocycles. The summed E-state index contributed by atoms with van der Waals surface area (Å²) in [7, 11) is 0. The molecule has 2 N–H and O–H groups in total. The largest absolute Gasteiger partial charge is 0.491 e. The molecular formula is C15H20N2O2. The van der Waals surface area contributed by atoms with E-state index in [-0.39, 0.29) is 6.10 Å². The van der Waals surface area contributed by atoms with Crippen molar-refractivity contribution in [1.29, 1.82) is 0 Å². The third-order valence-corrected chi connectivity index (χ3v) is 2.79. The summed E-state index contributed by atoms with van der Waals surface area (Å²) in [4.78, 5) is 0. The Morgan fingerprint density at radius 1 is 1.37 bits per heavy atom. The van der Waals surface area contributed by atoms with Gasteiger partial charge >= 0.3 is 0 Å². The van der Waals surface area contributed by atoms with E-state index in [2.05, 4.69) is 12.1 Å². The molecule has 4 heteroatoms. The number of ether oxygens (including phenoxy) is 1. The van der Waals surface area contributed by atoms with Crippen LogP contribution in [0.5, 0.6) is 5.75 Å². The first kappa shape index (κ1) is 13.5. The molecule has 0 bridgehead atoms. The second kappa shape index (κ2) is 5.78. The smallest absolute Gasteiger partial charge is 0.172 e. The molecule has 0 saturated carbocycles. The Kier molecular flexibility index (Phi) is 4.10. The van der Waals surface area contributed by atoms with Crippen LogP contribution >= 0.6 is 0 Å². The van der Waals surface area contributed by atoms with E-state index in [1.165, 1.54) is 0 Å². The van der Waals surface area contributed by atoms with Gasteiger partial charge in [0, 0.05) is 11.1 Å². The number of nitrogen functional groups attached to an aromatic ring is 1. The fraction of sp³-hybridized carbons (Fsp3) is 0.400. The lowest BCUT2D eigenvalue weighted by molar-refractivity contribution is 0.242. The fourth-order valence-corrected chi connectivity index (χ4v) is 2.02. The molecule has 2 aromatic rings. The third kappa shape index (κ3) is 3.08. The quantitative estimate of drug-likeness (QED) is 0.891. The van der Waals surface area contributed by atoms with Crippen LogP contribution in [0.15, 0.2) is 28.8 Å². The van der Waals surface area contributed by atoms with E-state index >= 15 is 0 Å². The Balaban J connectivity index is 2.36. The highest BCUT2D eigenvalue weighted by Crippen LogP contribution is 2.31. The van der Waals surface area contributed by atoms with E-state index in [1.807, 2.05) is 38.1 Å². The van der Waals surface area contributed by atoms with Crippen molar-refractivity contribution in [2.75, 3.05) is 5.73 Å². The van der Waals surface area contributed by atoms with Gasteiger partial charge in [-0.25, -0.2) is 0 Å². The van der Waals surface area contributed by atoms with E-state index in [1.54, 1.807) is 0 Å². The summed E-state index contributed by atoms with van der Waals surface area (Å²) in [5, 5.41) is 3.86.